The van der Waals surface area contributed by atoms with Crippen molar-refractivity contribution in [3.63, 3.8) is 0 Å². The average molecular weight is 354 g/mol. The van der Waals surface area contributed by atoms with Gasteiger partial charge in [-0.25, -0.2) is 0 Å². The van der Waals surface area contributed by atoms with E-state index < -0.39 is 10.8 Å². The summed E-state index contributed by atoms with van der Waals surface area (Å²) >= 11 is 3.43. The van der Waals surface area contributed by atoms with Gasteiger partial charge in [0.15, 0.2) is 0 Å². The number of furan rings is 1. The van der Waals surface area contributed by atoms with Gasteiger partial charge in [0.05, 0.1) is 28.0 Å². The Balaban J connectivity index is 1.62. The van der Waals surface area contributed by atoms with E-state index in [1.165, 1.54) is 12.8 Å². The highest BCUT2D eigenvalue weighted by atomic mass is 79.9. The van der Waals surface area contributed by atoms with Crippen LogP contribution in [-0.4, -0.2) is 10.3 Å². The first-order valence-corrected chi connectivity index (χ1v) is 8.77. The number of halogens is 1. The summed E-state index contributed by atoms with van der Waals surface area (Å²) in [5.74, 6) is 2.09. The highest BCUT2D eigenvalue weighted by Gasteiger charge is 2.20. The quantitative estimate of drug-likeness (QED) is 0.862. The van der Waals surface area contributed by atoms with Crippen molar-refractivity contribution in [3.05, 3.63) is 52.4 Å². The van der Waals surface area contributed by atoms with Gasteiger partial charge >= 0.3 is 0 Å². The van der Waals surface area contributed by atoms with Crippen molar-refractivity contribution in [3.8, 4) is 0 Å². The molecule has 1 heterocycles. The van der Waals surface area contributed by atoms with Gasteiger partial charge in [-0.2, -0.15) is 0 Å². The molecule has 1 unspecified atom stereocenters. The molecule has 0 spiro atoms. The van der Waals surface area contributed by atoms with Crippen LogP contribution >= 0.6 is 15.9 Å². The molecule has 0 bridgehead atoms. The summed E-state index contributed by atoms with van der Waals surface area (Å²) in [6.45, 7) is 0.756. The van der Waals surface area contributed by atoms with E-state index in [2.05, 4.69) is 21.2 Å². The van der Waals surface area contributed by atoms with E-state index in [-0.39, 0.29) is 0 Å². The van der Waals surface area contributed by atoms with Crippen molar-refractivity contribution in [1.82, 2.24) is 5.32 Å². The van der Waals surface area contributed by atoms with E-state index in [1.54, 1.807) is 0 Å². The molecule has 1 aliphatic rings. The van der Waals surface area contributed by atoms with Gasteiger partial charge in [-0.05, 0) is 53.0 Å². The van der Waals surface area contributed by atoms with Gasteiger partial charge in [0.1, 0.15) is 11.5 Å². The average Bonchev–Trinajstić information content (AvgIpc) is 3.17. The second kappa shape index (κ2) is 6.24. The van der Waals surface area contributed by atoms with E-state index in [4.69, 9.17) is 4.42 Å². The number of hydrogen-bond acceptors (Lipinski definition) is 3. The molecule has 1 atom stereocenters. The Morgan fingerprint density at radius 3 is 2.70 bits per heavy atom. The largest absolute Gasteiger partial charge is 0.464 e. The molecular weight excluding hydrogens is 338 g/mol. The van der Waals surface area contributed by atoms with Crippen LogP contribution in [0.15, 0.2) is 50.2 Å². The van der Waals surface area contributed by atoms with Gasteiger partial charge in [-0.1, -0.05) is 12.1 Å². The van der Waals surface area contributed by atoms with Crippen molar-refractivity contribution in [2.24, 2.45) is 0 Å². The summed E-state index contributed by atoms with van der Waals surface area (Å²) in [4.78, 5) is 0.807. The van der Waals surface area contributed by atoms with Crippen molar-refractivity contribution < 1.29 is 8.63 Å². The molecule has 1 aliphatic carbocycles. The maximum atomic E-state index is 12.3. The maximum Gasteiger partial charge on any atom is 0.118 e. The first-order chi connectivity index (χ1) is 9.72. The van der Waals surface area contributed by atoms with E-state index in [0.717, 1.165) is 27.4 Å². The molecule has 0 amide bonds. The Bertz CT molecular complexity index is 622. The smallest absolute Gasteiger partial charge is 0.118 e. The number of benzene rings is 1. The van der Waals surface area contributed by atoms with Gasteiger partial charge in [-0.3, -0.25) is 4.21 Å². The molecule has 0 radical (unpaired) electrons. The van der Waals surface area contributed by atoms with Crippen LogP contribution in [0, 0.1) is 0 Å². The lowest BCUT2D eigenvalue weighted by Crippen LogP contribution is -2.14. The van der Waals surface area contributed by atoms with Crippen LogP contribution in [0.2, 0.25) is 0 Å². The van der Waals surface area contributed by atoms with E-state index >= 15 is 0 Å². The van der Waals surface area contributed by atoms with E-state index in [9.17, 15) is 4.21 Å². The first kappa shape index (κ1) is 14.0. The summed E-state index contributed by atoms with van der Waals surface area (Å²) in [6, 6.07) is 12.1. The third-order valence-corrected chi connectivity index (χ3v) is 5.56. The zero-order chi connectivity index (χ0) is 13.9. The Labute approximate surface area is 129 Å². The summed E-state index contributed by atoms with van der Waals surface area (Å²) in [6.07, 6.45) is 2.53. The molecule has 106 valence electrons. The monoisotopic (exact) mass is 353 g/mol. The third-order valence-electron chi connectivity index (χ3n) is 3.21. The number of nitrogens with one attached hydrogen (secondary N) is 1. The molecule has 3 rings (SSSR count). The standard InChI is InChI=1S/C15H16BrNO2S/c16-14-3-1-2-4-15(14)20(18)10-13-8-7-12(19-13)9-17-11-5-6-11/h1-4,7-8,11,17H,5-6,9-10H2. The van der Waals surface area contributed by atoms with Crippen molar-refractivity contribution >= 4 is 26.7 Å². The fourth-order valence-electron chi connectivity index (χ4n) is 1.96. The van der Waals surface area contributed by atoms with Crippen molar-refractivity contribution in [2.75, 3.05) is 0 Å². The number of rotatable bonds is 6. The third kappa shape index (κ3) is 3.59. The lowest BCUT2D eigenvalue weighted by molar-refractivity contribution is 0.457. The second-order valence-electron chi connectivity index (χ2n) is 4.94. The molecule has 2 aromatic rings. The highest BCUT2D eigenvalue weighted by molar-refractivity contribution is 9.10. The van der Waals surface area contributed by atoms with Gasteiger partial charge in [0, 0.05) is 10.5 Å². The van der Waals surface area contributed by atoms with Crippen molar-refractivity contribution in [1.29, 1.82) is 0 Å². The highest BCUT2D eigenvalue weighted by Crippen LogP contribution is 2.23. The van der Waals surface area contributed by atoms with Crippen LogP contribution in [0.25, 0.3) is 0 Å². The van der Waals surface area contributed by atoms with E-state index in [0.29, 0.717) is 11.8 Å². The summed E-state index contributed by atoms with van der Waals surface area (Å²) in [7, 11) is -1.09. The molecule has 1 aromatic carbocycles. The molecule has 1 fully saturated rings. The van der Waals surface area contributed by atoms with Crippen LogP contribution in [0.3, 0.4) is 0 Å². The summed E-state index contributed by atoms with van der Waals surface area (Å²) < 4.78 is 18.9. The SMILES string of the molecule is O=S(Cc1ccc(CNC2CC2)o1)c1ccccc1Br. The minimum Gasteiger partial charge on any atom is -0.464 e. The molecule has 1 N–H and O–H groups in total. The van der Waals surface area contributed by atoms with E-state index in [1.807, 2.05) is 36.4 Å². The Morgan fingerprint density at radius 1 is 1.20 bits per heavy atom. The molecule has 20 heavy (non-hydrogen) atoms. The topological polar surface area (TPSA) is 42.2 Å². The molecule has 0 aliphatic heterocycles. The maximum absolute atomic E-state index is 12.3. The molecule has 1 saturated carbocycles. The number of hydrogen-bond donors (Lipinski definition) is 1. The molecule has 1 aromatic heterocycles. The summed E-state index contributed by atoms with van der Waals surface area (Å²) in [5, 5.41) is 3.40. The predicted octanol–water partition coefficient (Wildman–Crippen LogP) is 3.60. The van der Waals surface area contributed by atoms with Gasteiger partial charge < -0.3 is 9.73 Å². The zero-order valence-electron chi connectivity index (χ0n) is 11.0. The molecule has 5 heteroatoms. The minimum atomic E-state index is -1.09. The fourth-order valence-corrected chi connectivity index (χ4v) is 3.87. The van der Waals surface area contributed by atoms with Crippen LogP contribution in [-0.2, 0) is 23.1 Å². The Kier molecular flexibility index (Phi) is 4.38. The predicted molar refractivity (Wildman–Crippen MR) is 82.8 cm³/mol. The first-order valence-electron chi connectivity index (χ1n) is 6.66. The van der Waals surface area contributed by atoms with Gasteiger partial charge in [0.2, 0.25) is 0 Å². The fraction of sp³-hybridized carbons (Fsp3) is 0.333. The van der Waals surface area contributed by atoms with Crippen LogP contribution in [0.5, 0.6) is 0 Å². The molecule has 3 nitrogen and oxygen atoms in total. The Morgan fingerprint density at radius 2 is 1.95 bits per heavy atom. The lowest BCUT2D eigenvalue weighted by Gasteiger charge is -2.03. The zero-order valence-corrected chi connectivity index (χ0v) is 13.4. The molecule has 0 saturated heterocycles. The lowest BCUT2D eigenvalue weighted by atomic mass is 10.4. The van der Waals surface area contributed by atoms with Crippen molar-refractivity contribution in [2.45, 2.75) is 36.1 Å². The van der Waals surface area contributed by atoms with Gasteiger partial charge in [0.25, 0.3) is 0 Å². The van der Waals surface area contributed by atoms with Crippen LogP contribution in [0.1, 0.15) is 24.4 Å². The minimum absolute atomic E-state index is 0.409. The summed E-state index contributed by atoms with van der Waals surface area (Å²) in [5.41, 5.74) is 0. The normalized spacial score (nSPS) is 16.2. The molecular formula is C15H16BrNO2S. The van der Waals surface area contributed by atoms with Crippen LogP contribution in [0.4, 0.5) is 0 Å². The van der Waals surface area contributed by atoms with Gasteiger partial charge in [-0.15, -0.1) is 0 Å². The second-order valence-corrected chi connectivity index (χ2v) is 7.22. The Hall–Kier alpha value is -0.910. The van der Waals surface area contributed by atoms with Crippen LogP contribution < -0.4 is 5.32 Å².